The summed E-state index contributed by atoms with van der Waals surface area (Å²) in [5, 5.41) is 14.4. The molecule has 0 aliphatic rings. The number of carbonyl (C=O) groups excluding carboxylic acids is 1. The zero-order chi connectivity index (χ0) is 35.5. The number of hydrogen-bond acceptors (Lipinski definition) is 5. The number of ether oxygens (including phenoxy) is 1. The van der Waals surface area contributed by atoms with Crippen LogP contribution < -0.4 is 15.7 Å². The zero-order valence-corrected chi connectivity index (χ0v) is 32.1. The number of alkyl carbamates (subject to hydrolysis) is 1. The summed E-state index contributed by atoms with van der Waals surface area (Å²) < 4.78 is 14.7. The van der Waals surface area contributed by atoms with Crippen molar-refractivity contribution in [2.24, 2.45) is 0 Å². The van der Waals surface area contributed by atoms with Gasteiger partial charge >= 0.3 is 6.09 Å². The van der Waals surface area contributed by atoms with Crippen molar-refractivity contribution in [3.05, 3.63) is 96.2 Å². The van der Waals surface area contributed by atoms with Crippen LogP contribution in [0.3, 0.4) is 0 Å². The molecule has 1 heterocycles. The molecule has 1 N–H and O–H groups in total. The number of hydrogen-bond donors (Lipinski definition) is 1. The highest BCUT2D eigenvalue weighted by Gasteiger charge is 2.50. The second kappa shape index (κ2) is 14.0. The van der Waals surface area contributed by atoms with E-state index in [1.54, 1.807) is 4.68 Å². The highest BCUT2D eigenvalue weighted by atomic mass is 28.4. The van der Waals surface area contributed by atoms with Crippen LogP contribution in [0, 0.1) is 0 Å². The molecule has 258 valence electrons. The molecule has 48 heavy (non-hydrogen) atoms. The van der Waals surface area contributed by atoms with E-state index >= 15 is 0 Å². The Morgan fingerprint density at radius 3 is 1.71 bits per heavy atom. The van der Waals surface area contributed by atoms with Crippen LogP contribution >= 0.6 is 0 Å². The van der Waals surface area contributed by atoms with E-state index in [1.807, 2.05) is 39.1 Å². The van der Waals surface area contributed by atoms with E-state index in [0.29, 0.717) is 6.54 Å². The number of nitrogens with one attached hydrogen (secondary N) is 1. The predicted octanol–water partition coefficient (Wildman–Crippen LogP) is 8.01. The summed E-state index contributed by atoms with van der Waals surface area (Å²) in [7, 11) is -2.86. The van der Waals surface area contributed by atoms with Crippen molar-refractivity contribution in [2.45, 2.75) is 117 Å². The normalized spacial score (nSPS) is 13.7. The monoisotopic (exact) mass is 668 g/mol. The predicted molar refractivity (Wildman–Crippen MR) is 200 cm³/mol. The third-order valence-corrected chi connectivity index (χ3v) is 13.6. The van der Waals surface area contributed by atoms with Gasteiger partial charge in [-0.05, 0) is 70.3 Å². The Kier molecular flexibility index (Phi) is 10.8. The lowest BCUT2D eigenvalue weighted by Gasteiger charge is -2.43. The first-order valence-corrected chi connectivity index (χ1v) is 18.9. The van der Waals surface area contributed by atoms with Gasteiger partial charge in [0.2, 0.25) is 0 Å². The third kappa shape index (κ3) is 9.02. The topological polar surface area (TPSA) is 78.3 Å². The molecule has 0 bridgehead atoms. The molecule has 4 aromatic rings. The molecule has 4 rings (SSSR count). The molecule has 0 spiro atoms. The molecule has 0 aliphatic carbocycles. The third-order valence-electron chi connectivity index (χ3n) is 8.55. The van der Waals surface area contributed by atoms with Gasteiger partial charge in [-0.3, -0.25) is 0 Å². The summed E-state index contributed by atoms with van der Waals surface area (Å²) in [6, 6.07) is 27.3. The van der Waals surface area contributed by atoms with Gasteiger partial charge in [-0.1, -0.05) is 134 Å². The van der Waals surface area contributed by atoms with Gasteiger partial charge in [0.25, 0.3) is 8.32 Å². The summed E-state index contributed by atoms with van der Waals surface area (Å²) in [5.41, 5.74) is 3.63. The van der Waals surface area contributed by atoms with Gasteiger partial charge in [-0.15, -0.1) is 5.10 Å². The Morgan fingerprint density at radius 2 is 1.27 bits per heavy atom. The standard InChI is InChI=1S/C40H56N4O3Si/c1-37(2,3)30-23-29(24-31(25-30)38(4,5)6)35-27-44(43-42-35)26-32(41-36(45)47-39(7,8)9)28-46-48(40(10,11)12,33-19-15-13-16-20-33)34-21-17-14-18-22-34/h13-25,27,32H,26,28H2,1-12H3,(H,41,45)/t32-/m1/s1. The first-order chi connectivity index (χ1) is 22.2. The van der Waals surface area contributed by atoms with Gasteiger partial charge in [-0.25, -0.2) is 9.48 Å². The molecule has 0 radical (unpaired) electrons. The summed E-state index contributed by atoms with van der Waals surface area (Å²) in [5.74, 6) is 0. The lowest BCUT2D eigenvalue weighted by molar-refractivity contribution is 0.0477. The van der Waals surface area contributed by atoms with Crippen LogP contribution in [0.5, 0.6) is 0 Å². The first kappa shape index (κ1) is 37.1. The highest BCUT2D eigenvalue weighted by molar-refractivity contribution is 6.99. The summed E-state index contributed by atoms with van der Waals surface area (Å²) in [6.07, 6.45) is 1.47. The smallest absolute Gasteiger partial charge is 0.408 e. The quantitative estimate of drug-likeness (QED) is 0.183. The minimum Gasteiger partial charge on any atom is -0.444 e. The van der Waals surface area contributed by atoms with Gasteiger partial charge in [0.15, 0.2) is 0 Å². The fourth-order valence-electron chi connectivity index (χ4n) is 5.99. The van der Waals surface area contributed by atoms with Gasteiger partial charge in [0, 0.05) is 5.56 Å². The maximum Gasteiger partial charge on any atom is 0.408 e. The Balaban J connectivity index is 1.72. The molecule has 7 nitrogen and oxygen atoms in total. The molecule has 8 heteroatoms. The van der Waals surface area contributed by atoms with Crippen molar-refractivity contribution in [3.8, 4) is 11.3 Å². The largest absolute Gasteiger partial charge is 0.444 e. The molecule has 0 saturated carbocycles. The van der Waals surface area contributed by atoms with E-state index in [1.165, 1.54) is 21.5 Å². The van der Waals surface area contributed by atoms with Gasteiger partial charge < -0.3 is 14.5 Å². The van der Waals surface area contributed by atoms with Crippen molar-refractivity contribution >= 4 is 24.8 Å². The van der Waals surface area contributed by atoms with Crippen molar-refractivity contribution in [1.29, 1.82) is 0 Å². The number of amides is 1. The Morgan fingerprint density at radius 1 is 0.771 bits per heavy atom. The molecule has 0 aliphatic heterocycles. The minimum atomic E-state index is -2.86. The number of rotatable bonds is 9. The molecule has 1 aromatic heterocycles. The maximum atomic E-state index is 13.2. The van der Waals surface area contributed by atoms with Crippen LogP contribution in [0.2, 0.25) is 5.04 Å². The summed E-state index contributed by atoms with van der Waals surface area (Å²) in [6.45, 7) is 26.3. The van der Waals surface area contributed by atoms with E-state index < -0.39 is 26.1 Å². The van der Waals surface area contributed by atoms with Crippen LogP contribution in [0.25, 0.3) is 11.3 Å². The number of aromatic nitrogens is 3. The second-order valence-corrected chi connectivity index (χ2v) is 21.2. The maximum absolute atomic E-state index is 13.2. The van der Waals surface area contributed by atoms with Crippen LogP contribution in [0.4, 0.5) is 4.79 Å². The Hall–Kier alpha value is -3.75. The van der Waals surface area contributed by atoms with Crippen molar-refractivity contribution < 1.29 is 14.0 Å². The van der Waals surface area contributed by atoms with E-state index in [-0.39, 0.29) is 22.5 Å². The van der Waals surface area contributed by atoms with E-state index in [4.69, 9.17) is 9.16 Å². The molecule has 1 atom stereocenters. The second-order valence-electron chi connectivity index (χ2n) is 16.9. The average molecular weight is 669 g/mol. The molecule has 0 unspecified atom stereocenters. The average Bonchev–Trinajstić information content (AvgIpc) is 3.44. The molecular weight excluding hydrogens is 613 g/mol. The first-order valence-electron chi connectivity index (χ1n) is 17.0. The molecule has 3 aromatic carbocycles. The van der Waals surface area contributed by atoms with Crippen LogP contribution in [0.1, 0.15) is 94.2 Å². The highest BCUT2D eigenvalue weighted by Crippen LogP contribution is 2.37. The Bertz CT molecular complexity index is 1590. The zero-order valence-electron chi connectivity index (χ0n) is 31.1. The molecule has 1 amide bonds. The van der Waals surface area contributed by atoms with E-state index in [9.17, 15) is 4.79 Å². The van der Waals surface area contributed by atoms with Crippen LogP contribution in [-0.2, 0) is 26.5 Å². The molecular formula is C40H56N4O3Si. The summed E-state index contributed by atoms with van der Waals surface area (Å²) >= 11 is 0. The lowest BCUT2D eigenvalue weighted by Crippen LogP contribution is -2.67. The molecule has 0 saturated heterocycles. The van der Waals surface area contributed by atoms with Crippen molar-refractivity contribution in [3.63, 3.8) is 0 Å². The number of nitrogens with zero attached hydrogens (tertiary/aromatic N) is 3. The Labute approximate surface area is 289 Å². The minimum absolute atomic E-state index is 0.0211. The fourth-order valence-corrected chi connectivity index (χ4v) is 10.6. The molecule has 0 fully saturated rings. The van der Waals surface area contributed by atoms with Gasteiger partial charge in [0.1, 0.15) is 11.3 Å². The van der Waals surface area contributed by atoms with Crippen molar-refractivity contribution in [2.75, 3.05) is 6.61 Å². The van der Waals surface area contributed by atoms with Crippen LogP contribution in [-0.4, -0.2) is 47.7 Å². The van der Waals surface area contributed by atoms with Crippen LogP contribution in [0.15, 0.2) is 85.1 Å². The van der Waals surface area contributed by atoms with Gasteiger partial charge in [-0.2, -0.15) is 0 Å². The fraction of sp³-hybridized carbons (Fsp3) is 0.475. The van der Waals surface area contributed by atoms with E-state index in [2.05, 4.69) is 145 Å². The van der Waals surface area contributed by atoms with Gasteiger partial charge in [0.05, 0.1) is 25.4 Å². The SMILES string of the molecule is CC(C)(C)OC(=O)N[C@@H](CO[Si](c1ccccc1)(c1ccccc1)C(C)(C)C)Cn1cc(-c2cc(C(C)(C)C)cc(C(C)(C)C)c2)nn1. The lowest BCUT2D eigenvalue weighted by atomic mass is 9.79. The number of benzene rings is 3. The summed E-state index contributed by atoms with van der Waals surface area (Å²) in [4.78, 5) is 13.2. The van der Waals surface area contributed by atoms with Crippen molar-refractivity contribution in [1.82, 2.24) is 20.3 Å². The van der Waals surface area contributed by atoms with E-state index in [0.717, 1.165) is 11.3 Å². The number of carbonyl (C=O) groups is 1.